The van der Waals surface area contributed by atoms with Gasteiger partial charge in [0.05, 0.1) is 0 Å². The quantitative estimate of drug-likeness (QED) is 0.126. The Kier molecular flexibility index (Phi) is 11.2. The van der Waals surface area contributed by atoms with Gasteiger partial charge in [-0.25, -0.2) is 0 Å². The second kappa shape index (κ2) is 18.7. The summed E-state index contributed by atoms with van der Waals surface area (Å²) in [6, 6.07) is 93.7. The lowest BCUT2D eigenvalue weighted by atomic mass is 9.81. The number of hydrogen-bond acceptors (Lipinski definition) is 2. The van der Waals surface area contributed by atoms with Crippen molar-refractivity contribution in [1.29, 1.82) is 0 Å². The van der Waals surface area contributed by atoms with Crippen LogP contribution < -0.4 is 9.80 Å². The zero-order valence-corrected chi connectivity index (χ0v) is 44.5. The van der Waals surface area contributed by atoms with E-state index >= 15 is 0 Å². The van der Waals surface area contributed by atoms with Crippen molar-refractivity contribution in [2.45, 2.75) is 38.5 Å². The highest BCUT2D eigenvalue weighted by molar-refractivity contribution is 6.00. The predicted molar refractivity (Wildman–Crippen MR) is 334 cm³/mol. The van der Waals surface area contributed by atoms with Crippen LogP contribution in [0.15, 0.2) is 255 Å². The summed E-state index contributed by atoms with van der Waals surface area (Å²) in [5.74, 6) is 0. The van der Waals surface area contributed by atoms with Gasteiger partial charge in [0.1, 0.15) is 0 Å². The van der Waals surface area contributed by atoms with Crippen molar-refractivity contribution < 1.29 is 0 Å². The number of fused-ring (bicyclic) bond motifs is 9. The summed E-state index contributed by atoms with van der Waals surface area (Å²) in [5.41, 5.74) is 21.9. The molecule has 0 bridgehead atoms. The van der Waals surface area contributed by atoms with Gasteiger partial charge in [0.25, 0.3) is 0 Å². The maximum atomic E-state index is 2.42. The molecule has 12 aromatic carbocycles. The van der Waals surface area contributed by atoms with Crippen molar-refractivity contribution >= 4 is 90.7 Å². The van der Waals surface area contributed by atoms with Crippen molar-refractivity contribution in [3.8, 4) is 22.3 Å². The number of nitrogens with zero attached hydrogens (tertiary/aromatic N) is 2. The summed E-state index contributed by atoms with van der Waals surface area (Å²) >= 11 is 0. The molecular weight excluding hydrogens is 941 g/mol. The Morgan fingerprint density at radius 1 is 0.256 bits per heavy atom. The molecule has 0 saturated carbocycles. The smallest absolute Gasteiger partial charge is 0.0468 e. The Balaban J connectivity index is 0.728. The first-order valence-corrected chi connectivity index (χ1v) is 27.3. The molecule has 2 aliphatic rings. The summed E-state index contributed by atoms with van der Waals surface area (Å²) in [4.78, 5) is 4.78. The van der Waals surface area contributed by atoms with Crippen LogP contribution >= 0.6 is 0 Å². The Hall–Kier alpha value is -9.50. The number of benzene rings is 12. The van der Waals surface area contributed by atoms with Gasteiger partial charge in [-0.15, -0.1) is 0 Å². The molecule has 0 fully saturated rings. The molecule has 0 unspecified atom stereocenters. The molecule has 0 heterocycles. The van der Waals surface area contributed by atoms with Gasteiger partial charge in [-0.05, 0) is 172 Å². The van der Waals surface area contributed by atoms with Crippen LogP contribution in [0, 0.1) is 0 Å². The minimum atomic E-state index is -0.192. The summed E-state index contributed by atoms with van der Waals surface area (Å²) in [5, 5.41) is 7.42. The number of hydrogen-bond donors (Lipinski definition) is 0. The molecule has 0 N–H and O–H groups in total. The van der Waals surface area contributed by atoms with E-state index in [1.807, 2.05) is 0 Å². The Morgan fingerprint density at radius 3 is 1.03 bits per heavy atom. The molecular formula is C76H58N2. The average molecular weight is 999 g/mol. The van der Waals surface area contributed by atoms with E-state index in [-0.39, 0.29) is 10.8 Å². The Labute approximate surface area is 458 Å². The van der Waals surface area contributed by atoms with Crippen molar-refractivity contribution in [2.24, 2.45) is 0 Å². The first kappa shape index (κ1) is 47.0. The maximum absolute atomic E-state index is 2.42. The van der Waals surface area contributed by atoms with Crippen LogP contribution in [-0.4, -0.2) is 0 Å². The number of rotatable bonds is 10. The van der Waals surface area contributed by atoms with E-state index in [0.717, 1.165) is 34.1 Å². The number of anilines is 6. The summed E-state index contributed by atoms with van der Waals surface area (Å²) < 4.78 is 0. The van der Waals surface area contributed by atoms with E-state index in [0.29, 0.717) is 0 Å². The van der Waals surface area contributed by atoms with E-state index < -0.39 is 0 Å². The van der Waals surface area contributed by atoms with Gasteiger partial charge in [-0.3, -0.25) is 0 Å². The molecule has 78 heavy (non-hydrogen) atoms. The van der Waals surface area contributed by atoms with Crippen LogP contribution in [0.1, 0.15) is 72.2 Å². The van der Waals surface area contributed by atoms with E-state index in [1.54, 1.807) is 0 Å². The van der Waals surface area contributed by atoms with Crippen molar-refractivity contribution in [3.05, 3.63) is 299 Å². The van der Waals surface area contributed by atoms with Crippen LogP contribution in [0.5, 0.6) is 0 Å². The molecule has 0 radical (unpaired) electrons. The second-order valence-electron chi connectivity index (χ2n) is 22.2. The zero-order chi connectivity index (χ0) is 52.5. The molecule has 0 spiro atoms. The van der Waals surface area contributed by atoms with Crippen molar-refractivity contribution in [1.82, 2.24) is 0 Å². The van der Waals surface area contributed by atoms with Crippen LogP contribution in [0.2, 0.25) is 0 Å². The van der Waals surface area contributed by atoms with Crippen LogP contribution in [0.3, 0.4) is 0 Å². The van der Waals surface area contributed by atoms with E-state index in [4.69, 9.17) is 0 Å². The topological polar surface area (TPSA) is 6.48 Å². The van der Waals surface area contributed by atoms with Gasteiger partial charge in [0.15, 0.2) is 0 Å². The molecule has 0 aliphatic heterocycles. The fourth-order valence-electron chi connectivity index (χ4n) is 12.7. The average Bonchev–Trinajstić information content (AvgIpc) is 4.08. The van der Waals surface area contributed by atoms with Crippen LogP contribution in [-0.2, 0) is 10.8 Å². The van der Waals surface area contributed by atoms with E-state index in [2.05, 4.69) is 317 Å². The lowest BCUT2D eigenvalue weighted by Crippen LogP contribution is -2.16. The molecule has 0 atom stereocenters. The fraction of sp³-hybridized carbons (Fsp3) is 0.0789. The monoisotopic (exact) mass is 998 g/mol. The molecule has 12 aromatic rings. The standard InChI is InChI=1S/C76H58N2/c1-75(2)71-45-51(31-41-67(71)69-43-39-63(49-73(69)75)77(59-23-7-5-8-24-59)61-37-35-53-17-11-13-19-57(53)47-61)29-33-55-21-15-28-66-56(22-16-27-65(55)66)34-30-52-32-42-68-70-44-40-64(50-74(70)76(3,4)72(68)46-52)78(60-25-9-6-10-26-60)62-38-36-54-18-12-14-20-58(54)48-62/h5-50H,1-4H3. The SMILES string of the molecule is CC1(C)c2cc(C=Cc3cccc4c(C=Cc5ccc6c(c5)C(C)(C)c5cc(N(c7ccccc7)c7ccc8ccccc8c7)ccc5-6)cccc34)ccc2-c2ccc(N(c3ccccc3)c3ccc4ccccc4c3)cc21. The molecule has 0 aromatic heterocycles. The summed E-state index contributed by atoms with van der Waals surface area (Å²) in [7, 11) is 0. The highest BCUT2D eigenvalue weighted by atomic mass is 15.1. The van der Waals surface area contributed by atoms with Gasteiger partial charge >= 0.3 is 0 Å². The Morgan fingerprint density at radius 2 is 0.603 bits per heavy atom. The molecule has 2 aliphatic carbocycles. The first-order chi connectivity index (χ1) is 38.2. The predicted octanol–water partition coefficient (Wildman–Crippen LogP) is 21.0. The van der Waals surface area contributed by atoms with E-state index in [1.165, 1.54) is 99.1 Å². The molecule has 372 valence electrons. The van der Waals surface area contributed by atoms with Crippen LogP contribution in [0.25, 0.3) is 78.9 Å². The highest BCUT2D eigenvalue weighted by Gasteiger charge is 2.38. The maximum Gasteiger partial charge on any atom is 0.0468 e. The first-order valence-electron chi connectivity index (χ1n) is 27.3. The third-order valence-electron chi connectivity index (χ3n) is 16.8. The lowest BCUT2D eigenvalue weighted by Gasteiger charge is -2.28. The second-order valence-corrected chi connectivity index (χ2v) is 22.2. The lowest BCUT2D eigenvalue weighted by molar-refractivity contribution is 0.660. The fourth-order valence-corrected chi connectivity index (χ4v) is 12.7. The van der Waals surface area contributed by atoms with Gasteiger partial charge in [0.2, 0.25) is 0 Å². The molecule has 0 amide bonds. The Bertz CT molecular complexity index is 4100. The normalized spacial score (nSPS) is 13.7. The van der Waals surface area contributed by atoms with Crippen LogP contribution in [0.4, 0.5) is 34.1 Å². The van der Waals surface area contributed by atoms with Gasteiger partial charge < -0.3 is 9.80 Å². The molecule has 14 rings (SSSR count). The van der Waals surface area contributed by atoms with Crippen molar-refractivity contribution in [2.75, 3.05) is 9.80 Å². The molecule has 2 nitrogen and oxygen atoms in total. The third-order valence-corrected chi connectivity index (χ3v) is 16.8. The third kappa shape index (κ3) is 8.03. The van der Waals surface area contributed by atoms with Gasteiger partial charge in [0, 0.05) is 45.0 Å². The molecule has 0 saturated heterocycles. The van der Waals surface area contributed by atoms with Crippen molar-refractivity contribution in [3.63, 3.8) is 0 Å². The summed E-state index contributed by atoms with van der Waals surface area (Å²) in [6.45, 7) is 9.51. The minimum absolute atomic E-state index is 0.192. The number of para-hydroxylation sites is 2. The minimum Gasteiger partial charge on any atom is -0.310 e. The summed E-state index contributed by atoms with van der Waals surface area (Å²) in [6.07, 6.45) is 9.15. The molecule has 2 heteroatoms. The van der Waals surface area contributed by atoms with Gasteiger partial charge in [-0.1, -0.05) is 234 Å². The highest BCUT2D eigenvalue weighted by Crippen LogP contribution is 2.53. The van der Waals surface area contributed by atoms with E-state index in [9.17, 15) is 0 Å². The largest absolute Gasteiger partial charge is 0.310 e. The zero-order valence-electron chi connectivity index (χ0n) is 44.5. The van der Waals surface area contributed by atoms with Gasteiger partial charge in [-0.2, -0.15) is 0 Å².